The molecule has 0 radical (unpaired) electrons. The van der Waals surface area contributed by atoms with E-state index in [1.807, 2.05) is 25.1 Å². The molecule has 2 aromatic heterocycles. The molecule has 25 heavy (non-hydrogen) atoms. The molecule has 3 rings (SSSR count). The maximum atomic E-state index is 12.2. The zero-order valence-electron chi connectivity index (χ0n) is 13.3. The van der Waals surface area contributed by atoms with Crippen LogP contribution in [0, 0.1) is 0 Å². The van der Waals surface area contributed by atoms with Crippen molar-refractivity contribution in [3.63, 3.8) is 0 Å². The third-order valence-corrected chi connectivity index (χ3v) is 4.64. The van der Waals surface area contributed by atoms with Crippen LogP contribution in [0.25, 0.3) is 11.6 Å². The first kappa shape index (κ1) is 17.4. The van der Waals surface area contributed by atoms with Gasteiger partial charge in [0.2, 0.25) is 16.9 Å². The van der Waals surface area contributed by atoms with Gasteiger partial charge >= 0.3 is 0 Å². The van der Waals surface area contributed by atoms with Crippen molar-refractivity contribution in [2.75, 3.05) is 11.6 Å². The fourth-order valence-corrected chi connectivity index (χ4v) is 3.09. The first-order chi connectivity index (χ1) is 12.0. The highest BCUT2D eigenvalue weighted by atomic mass is 35.5. The summed E-state index contributed by atoms with van der Waals surface area (Å²) in [7, 11) is 0. The van der Waals surface area contributed by atoms with E-state index in [1.165, 1.54) is 22.7 Å². The van der Waals surface area contributed by atoms with Gasteiger partial charge in [0.1, 0.15) is 0 Å². The molecular formula is C16H16ClN5O2S. The Morgan fingerprint density at radius 2 is 2.24 bits per heavy atom. The van der Waals surface area contributed by atoms with Crippen LogP contribution in [0.1, 0.15) is 18.5 Å². The van der Waals surface area contributed by atoms with Crippen molar-refractivity contribution < 1.29 is 9.21 Å². The van der Waals surface area contributed by atoms with Gasteiger partial charge in [-0.25, -0.2) is 4.68 Å². The molecule has 2 heterocycles. The monoisotopic (exact) mass is 377 g/mol. The molecule has 1 aromatic carbocycles. The molecule has 1 atom stereocenters. The number of furan rings is 1. The van der Waals surface area contributed by atoms with Crippen LogP contribution in [0.2, 0.25) is 5.02 Å². The van der Waals surface area contributed by atoms with E-state index in [0.717, 1.165) is 5.56 Å². The molecule has 0 saturated heterocycles. The third-order valence-electron chi connectivity index (χ3n) is 3.46. The summed E-state index contributed by atoms with van der Waals surface area (Å²) in [5.74, 6) is 6.90. The van der Waals surface area contributed by atoms with E-state index in [1.54, 1.807) is 18.2 Å². The van der Waals surface area contributed by atoms with Crippen LogP contribution in [0.3, 0.4) is 0 Å². The smallest absolute Gasteiger partial charge is 0.230 e. The van der Waals surface area contributed by atoms with Crippen LogP contribution in [-0.4, -0.2) is 26.5 Å². The Morgan fingerprint density at radius 1 is 1.40 bits per heavy atom. The topological polar surface area (TPSA) is 99.0 Å². The number of nitrogens with two attached hydrogens (primary N) is 1. The van der Waals surface area contributed by atoms with Crippen LogP contribution in [-0.2, 0) is 4.79 Å². The molecule has 7 nitrogen and oxygen atoms in total. The number of halogens is 1. The lowest BCUT2D eigenvalue weighted by atomic mass is 10.1. The number of hydrogen-bond donors (Lipinski definition) is 2. The summed E-state index contributed by atoms with van der Waals surface area (Å²) in [6.07, 6.45) is 1.53. The van der Waals surface area contributed by atoms with Gasteiger partial charge in [-0.2, -0.15) is 0 Å². The van der Waals surface area contributed by atoms with Gasteiger partial charge in [-0.1, -0.05) is 35.5 Å². The van der Waals surface area contributed by atoms with Crippen molar-refractivity contribution in [3.8, 4) is 11.6 Å². The summed E-state index contributed by atoms with van der Waals surface area (Å²) in [6.45, 7) is 1.90. The second kappa shape index (κ2) is 7.62. The van der Waals surface area contributed by atoms with Crippen LogP contribution >= 0.6 is 23.4 Å². The molecule has 0 aliphatic rings. The Labute approximate surface area is 153 Å². The Hall–Kier alpha value is -2.45. The van der Waals surface area contributed by atoms with Crippen LogP contribution in [0.4, 0.5) is 0 Å². The lowest BCUT2D eigenvalue weighted by Crippen LogP contribution is -2.28. The average molecular weight is 378 g/mol. The molecule has 1 amide bonds. The largest absolute Gasteiger partial charge is 0.461 e. The molecule has 0 fully saturated rings. The van der Waals surface area contributed by atoms with Gasteiger partial charge in [0.15, 0.2) is 5.76 Å². The number of rotatable bonds is 6. The van der Waals surface area contributed by atoms with Crippen molar-refractivity contribution in [1.29, 1.82) is 0 Å². The van der Waals surface area contributed by atoms with Crippen molar-refractivity contribution >= 4 is 29.3 Å². The Balaban J connectivity index is 1.58. The molecule has 0 bridgehead atoms. The quantitative estimate of drug-likeness (QED) is 0.506. The molecule has 130 valence electrons. The normalized spacial score (nSPS) is 12.1. The Morgan fingerprint density at radius 3 is 2.96 bits per heavy atom. The molecule has 0 aliphatic heterocycles. The van der Waals surface area contributed by atoms with Crippen LogP contribution in [0.5, 0.6) is 0 Å². The predicted molar refractivity (Wildman–Crippen MR) is 96.6 cm³/mol. The first-order valence-corrected chi connectivity index (χ1v) is 8.83. The molecule has 3 N–H and O–H groups in total. The van der Waals surface area contributed by atoms with E-state index >= 15 is 0 Å². The van der Waals surface area contributed by atoms with E-state index in [4.69, 9.17) is 21.9 Å². The zero-order chi connectivity index (χ0) is 17.8. The number of nitrogen functional groups attached to an aromatic ring is 1. The summed E-state index contributed by atoms with van der Waals surface area (Å²) < 4.78 is 6.55. The molecule has 0 saturated carbocycles. The maximum absolute atomic E-state index is 12.2. The second-order valence-electron chi connectivity index (χ2n) is 5.29. The number of nitrogens with one attached hydrogen (secondary N) is 1. The molecule has 0 spiro atoms. The van der Waals surface area contributed by atoms with E-state index in [9.17, 15) is 4.79 Å². The Bertz CT molecular complexity index is 865. The number of benzene rings is 1. The van der Waals surface area contributed by atoms with Gasteiger partial charge in [-0.3, -0.25) is 4.79 Å². The SMILES string of the molecule is CC(NC(=O)CSc1nnc(-c2ccco2)n1N)c1cccc(Cl)c1. The summed E-state index contributed by atoms with van der Waals surface area (Å²) in [6, 6.07) is 10.7. The van der Waals surface area contributed by atoms with E-state index in [2.05, 4.69) is 15.5 Å². The lowest BCUT2D eigenvalue weighted by Gasteiger charge is -2.14. The van der Waals surface area contributed by atoms with Gasteiger partial charge in [0.25, 0.3) is 0 Å². The minimum atomic E-state index is -0.152. The lowest BCUT2D eigenvalue weighted by molar-refractivity contribution is -0.119. The van der Waals surface area contributed by atoms with E-state index < -0.39 is 0 Å². The summed E-state index contributed by atoms with van der Waals surface area (Å²) >= 11 is 7.17. The molecule has 9 heteroatoms. The number of carbonyl (C=O) groups excluding carboxylic acids is 1. The molecule has 0 aliphatic carbocycles. The minimum Gasteiger partial charge on any atom is -0.461 e. The highest BCUT2D eigenvalue weighted by Crippen LogP contribution is 2.22. The number of nitrogens with zero attached hydrogens (tertiary/aromatic N) is 3. The van der Waals surface area contributed by atoms with E-state index in [-0.39, 0.29) is 17.7 Å². The van der Waals surface area contributed by atoms with Crippen molar-refractivity contribution in [2.45, 2.75) is 18.1 Å². The highest BCUT2D eigenvalue weighted by Gasteiger charge is 2.16. The maximum Gasteiger partial charge on any atom is 0.230 e. The Kier molecular flexibility index (Phi) is 5.30. The van der Waals surface area contributed by atoms with Crippen LogP contribution in [0.15, 0.2) is 52.2 Å². The van der Waals surface area contributed by atoms with Crippen LogP contribution < -0.4 is 11.2 Å². The minimum absolute atomic E-state index is 0.139. The van der Waals surface area contributed by atoms with Gasteiger partial charge in [0, 0.05) is 5.02 Å². The number of carbonyl (C=O) groups is 1. The number of thioether (sulfide) groups is 1. The zero-order valence-corrected chi connectivity index (χ0v) is 14.9. The van der Waals surface area contributed by atoms with Crippen molar-refractivity contribution in [1.82, 2.24) is 20.2 Å². The summed E-state index contributed by atoms with van der Waals surface area (Å²) in [5, 5.41) is 11.9. The fourth-order valence-electron chi connectivity index (χ4n) is 2.22. The summed E-state index contributed by atoms with van der Waals surface area (Å²) in [5.41, 5.74) is 0.938. The van der Waals surface area contributed by atoms with Gasteiger partial charge in [-0.05, 0) is 36.8 Å². The third kappa shape index (κ3) is 4.15. The van der Waals surface area contributed by atoms with Gasteiger partial charge < -0.3 is 15.6 Å². The number of amides is 1. The first-order valence-electron chi connectivity index (χ1n) is 7.46. The van der Waals surface area contributed by atoms with E-state index in [0.29, 0.717) is 21.8 Å². The van der Waals surface area contributed by atoms with Gasteiger partial charge in [0.05, 0.1) is 18.1 Å². The molecule has 1 unspecified atom stereocenters. The fraction of sp³-hybridized carbons (Fsp3) is 0.188. The summed E-state index contributed by atoms with van der Waals surface area (Å²) in [4.78, 5) is 12.2. The second-order valence-corrected chi connectivity index (χ2v) is 6.67. The number of aromatic nitrogens is 3. The highest BCUT2D eigenvalue weighted by molar-refractivity contribution is 7.99. The number of hydrogen-bond acceptors (Lipinski definition) is 6. The molecule has 3 aromatic rings. The molecular weight excluding hydrogens is 362 g/mol. The predicted octanol–water partition coefficient (Wildman–Crippen LogP) is 2.87. The standard InChI is InChI=1S/C16H16ClN5O2S/c1-10(11-4-2-5-12(17)8-11)19-14(23)9-25-16-21-20-15(22(16)18)13-6-3-7-24-13/h2-8,10H,9,18H2,1H3,(H,19,23). The average Bonchev–Trinajstić information content (AvgIpc) is 3.22. The van der Waals surface area contributed by atoms with Gasteiger partial charge in [-0.15, -0.1) is 10.2 Å². The van der Waals surface area contributed by atoms with Crippen molar-refractivity contribution in [3.05, 3.63) is 53.2 Å². The van der Waals surface area contributed by atoms with Crippen molar-refractivity contribution in [2.24, 2.45) is 0 Å².